The smallest absolute Gasteiger partial charge is 0.254 e. The maximum atomic E-state index is 11.3. The summed E-state index contributed by atoms with van der Waals surface area (Å²) in [7, 11) is 0. The molecule has 0 unspecified atom stereocenters. The first-order chi connectivity index (χ1) is 6.74. The maximum absolute atomic E-state index is 11.3. The number of nitrogens with zero attached hydrogens (tertiary/aromatic N) is 2. The van der Waals surface area contributed by atoms with Crippen molar-refractivity contribution >= 4 is 11.6 Å². The molecule has 78 valence electrons. The van der Waals surface area contributed by atoms with Crippen LogP contribution in [0.25, 0.3) is 0 Å². The zero-order valence-electron chi connectivity index (χ0n) is 7.82. The molecule has 0 aliphatic carbocycles. The van der Waals surface area contributed by atoms with Crippen LogP contribution in [0.15, 0.2) is 17.2 Å². The SMILES string of the molecule is O=c1cc(Cl)ncn1CCCCCO. The van der Waals surface area contributed by atoms with E-state index in [9.17, 15) is 4.79 Å². The van der Waals surface area contributed by atoms with Crippen molar-refractivity contribution in [1.82, 2.24) is 9.55 Å². The van der Waals surface area contributed by atoms with Gasteiger partial charge in [-0.25, -0.2) is 4.98 Å². The Bertz CT molecular complexity index is 338. The monoisotopic (exact) mass is 216 g/mol. The van der Waals surface area contributed by atoms with Crippen molar-refractivity contribution in [3.05, 3.63) is 27.9 Å². The van der Waals surface area contributed by atoms with Crippen molar-refractivity contribution in [1.29, 1.82) is 0 Å². The van der Waals surface area contributed by atoms with Crippen LogP contribution in [0.3, 0.4) is 0 Å². The minimum Gasteiger partial charge on any atom is -0.396 e. The molecule has 0 saturated heterocycles. The fraction of sp³-hybridized carbons (Fsp3) is 0.556. The molecule has 0 spiro atoms. The van der Waals surface area contributed by atoms with Gasteiger partial charge in [0.1, 0.15) is 5.15 Å². The Balaban J connectivity index is 2.47. The maximum Gasteiger partial charge on any atom is 0.254 e. The topological polar surface area (TPSA) is 55.1 Å². The number of hydrogen-bond donors (Lipinski definition) is 1. The van der Waals surface area contributed by atoms with E-state index >= 15 is 0 Å². The third-order valence-electron chi connectivity index (χ3n) is 1.90. The first-order valence-electron chi connectivity index (χ1n) is 4.57. The standard InChI is InChI=1S/C9H13ClN2O2/c10-8-6-9(14)12(7-11-8)4-2-1-3-5-13/h6-7,13H,1-5H2. The second-order valence-electron chi connectivity index (χ2n) is 3.03. The molecule has 1 N–H and O–H groups in total. The van der Waals surface area contributed by atoms with Crippen molar-refractivity contribution < 1.29 is 5.11 Å². The van der Waals surface area contributed by atoms with Crippen LogP contribution in [0.1, 0.15) is 19.3 Å². The molecule has 0 fully saturated rings. The second-order valence-corrected chi connectivity index (χ2v) is 3.41. The van der Waals surface area contributed by atoms with Crippen LogP contribution >= 0.6 is 11.6 Å². The second kappa shape index (κ2) is 5.78. The molecule has 0 aromatic carbocycles. The van der Waals surface area contributed by atoms with E-state index < -0.39 is 0 Å². The van der Waals surface area contributed by atoms with Crippen molar-refractivity contribution in [3.63, 3.8) is 0 Å². The first kappa shape index (κ1) is 11.2. The number of aliphatic hydroxyl groups is 1. The van der Waals surface area contributed by atoms with E-state index in [1.165, 1.54) is 17.0 Å². The van der Waals surface area contributed by atoms with Gasteiger partial charge in [-0.05, 0) is 19.3 Å². The lowest BCUT2D eigenvalue weighted by molar-refractivity contribution is 0.281. The molecule has 0 saturated carbocycles. The fourth-order valence-corrected chi connectivity index (χ4v) is 1.28. The molecule has 1 heterocycles. The number of aryl methyl sites for hydroxylation is 1. The molecule has 1 aromatic heterocycles. The predicted molar refractivity (Wildman–Crippen MR) is 54.4 cm³/mol. The first-order valence-corrected chi connectivity index (χ1v) is 4.94. The fourth-order valence-electron chi connectivity index (χ4n) is 1.14. The van der Waals surface area contributed by atoms with Crippen molar-refractivity contribution in [3.8, 4) is 0 Å². The molecule has 0 atom stereocenters. The number of hydrogen-bond acceptors (Lipinski definition) is 3. The molecule has 14 heavy (non-hydrogen) atoms. The average Bonchev–Trinajstić information content (AvgIpc) is 2.15. The molecular weight excluding hydrogens is 204 g/mol. The molecule has 0 aliphatic rings. The highest BCUT2D eigenvalue weighted by Gasteiger charge is 1.97. The predicted octanol–water partition coefficient (Wildman–Crippen LogP) is 1.06. The summed E-state index contributed by atoms with van der Waals surface area (Å²) in [6, 6.07) is 1.30. The molecular formula is C9H13ClN2O2. The van der Waals surface area contributed by atoms with Gasteiger partial charge in [0.25, 0.3) is 5.56 Å². The number of aliphatic hydroxyl groups excluding tert-OH is 1. The highest BCUT2D eigenvalue weighted by atomic mass is 35.5. The quantitative estimate of drug-likeness (QED) is 0.592. The molecule has 0 amide bonds. The lowest BCUT2D eigenvalue weighted by Crippen LogP contribution is -2.19. The molecule has 5 heteroatoms. The Kier molecular flexibility index (Phi) is 4.62. The van der Waals surface area contributed by atoms with Gasteiger partial charge in [0.05, 0.1) is 6.33 Å². The number of unbranched alkanes of at least 4 members (excludes halogenated alkanes) is 2. The average molecular weight is 217 g/mol. The van der Waals surface area contributed by atoms with Crippen molar-refractivity contribution in [2.45, 2.75) is 25.8 Å². The highest BCUT2D eigenvalue weighted by Crippen LogP contribution is 1.99. The zero-order valence-corrected chi connectivity index (χ0v) is 8.57. The summed E-state index contributed by atoms with van der Waals surface area (Å²) < 4.78 is 1.52. The van der Waals surface area contributed by atoms with Gasteiger partial charge < -0.3 is 5.11 Å². The minimum atomic E-state index is -0.131. The molecule has 1 aromatic rings. The molecule has 0 radical (unpaired) electrons. The van der Waals surface area contributed by atoms with Crippen molar-refractivity contribution in [2.24, 2.45) is 0 Å². The van der Waals surface area contributed by atoms with Gasteiger partial charge in [0, 0.05) is 19.2 Å². The van der Waals surface area contributed by atoms with Gasteiger partial charge in [-0.3, -0.25) is 9.36 Å². The highest BCUT2D eigenvalue weighted by molar-refractivity contribution is 6.29. The Labute approximate surface area is 87.2 Å². The van der Waals surface area contributed by atoms with E-state index in [1.54, 1.807) is 0 Å². The third kappa shape index (κ3) is 3.47. The number of halogens is 1. The third-order valence-corrected chi connectivity index (χ3v) is 2.11. The molecule has 1 rings (SSSR count). The molecule has 4 nitrogen and oxygen atoms in total. The van der Waals surface area contributed by atoms with E-state index in [4.69, 9.17) is 16.7 Å². The van der Waals surface area contributed by atoms with Crippen molar-refractivity contribution in [2.75, 3.05) is 6.61 Å². The summed E-state index contributed by atoms with van der Waals surface area (Å²) >= 11 is 5.54. The summed E-state index contributed by atoms with van der Waals surface area (Å²) in [5.74, 6) is 0. The van der Waals surface area contributed by atoms with E-state index in [0.29, 0.717) is 6.54 Å². The van der Waals surface area contributed by atoms with Crippen LogP contribution in [0.5, 0.6) is 0 Å². The number of rotatable bonds is 5. The lowest BCUT2D eigenvalue weighted by atomic mass is 10.2. The van der Waals surface area contributed by atoms with E-state index in [1.807, 2.05) is 0 Å². The van der Waals surface area contributed by atoms with Crippen LogP contribution < -0.4 is 5.56 Å². The van der Waals surface area contributed by atoms with E-state index in [0.717, 1.165) is 19.3 Å². The summed E-state index contributed by atoms with van der Waals surface area (Å²) in [4.78, 5) is 15.1. The Morgan fingerprint density at radius 1 is 1.43 bits per heavy atom. The van der Waals surface area contributed by atoms with Crippen LogP contribution in [0.4, 0.5) is 0 Å². The molecule has 0 bridgehead atoms. The van der Waals surface area contributed by atoms with E-state index in [-0.39, 0.29) is 17.3 Å². The normalized spacial score (nSPS) is 10.4. The minimum absolute atomic E-state index is 0.131. The molecule has 0 aliphatic heterocycles. The van der Waals surface area contributed by atoms with E-state index in [2.05, 4.69) is 4.98 Å². The van der Waals surface area contributed by atoms with Gasteiger partial charge in [0.15, 0.2) is 0 Å². The summed E-state index contributed by atoms with van der Waals surface area (Å²) in [5, 5.41) is 8.78. The summed E-state index contributed by atoms with van der Waals surface area (Å²) in [6.07, 6.45) is 3.99. The summed E-state index contributed by atoms with van der Waals surface area (Å²) in [6.45, 7) is 0.830. The number of aromatic nitrogens is 2. The van der Waals surface area contributed by atoms with Crippen LogP contribution in [-0.2, 0) is 6.54 Å². The van der Waals surface area contributed by atoms with Gasteiger partial charge in [0.2, 0.25) is 0 Å². The Morgan fingerprint density at radius 3 is 2.86 bits per heavy atom. The van der Waals surface area contributed by atoms with Gasteiger partial charge in [-0.1, -0.05) is 11.6 Å². The largest absolute Gasteiger partial charge is 0.396 e. The Hall–Kier alpha value is -0.870. The van der Waals surface area contributed by atoms with Crippen LogP contribution in [0, 0.1) is 0 Å². The van der Waals surface area contributed by atoms with Crippen LogP contribution in [-0.4, -0.2) is 21.3 Å². The van der Waals surface area contributed by atoms with Crippen LogP contribution in [0.2, 0.25) is 5.15 Å². The lowest BCUT2D eigenvalue weighted by Gasteiger charge is -2.03. The zero-order chi connectivity index (χ0) is 10.4. The Morgan fingerprint density at radius 2 is 2.21 bits per heavy atom. The van der Waals surface area contributed by atoms with Gasteiger partial charge in [-0.15, -0.1) is 0 Å². The van der Waals surface area contributed by atoms with Gasteiger partial charge >= 0.3 is 0 Å². The summed E-state index contributed by atoms with van der Waals surface area (Å²) in [5.41, 5.74) is -0.131. The van der Waals surface area contributed by atoms with Gasteiger partial charge in [-0.2, -0.15) is 0 Å².